The minimum Gasteiger partial charge on any atom is -0.480 e. The van der Waals surface area contributed by atoms with Gasteiger partial charge in [0.1, 0.15) is 6.54 Å². The third-order valence-electron chi connectivity index (χ3n) is 3.26. The number of alkyl halides is 3. The van der Waals surface area contributed by atoms with Crippen LogP contribution < -0.4 is 0 Å². The van der Waals surface area contributed by atoms with Crippen LogP contribution in [0.5, 0.6) is 0 Å². The molecule has 1 aromatic rings. The fraction of sp³-hybridized carbons (Fsp3) is 0.500. The minimum absolute atomic E-state index is 0.110. The van der Waals surface area contributed by atoms with Crippen molar-refractivity contribution >= 4 is 11.8 Å². The van der Waals surface area contributed by atoms with Gasteiger partial charge in [0.05, 0.1) is 11.3 Å². The van der Waals surface area contributed by atoms with Gasteiger partial charge in [-0.2, -0.15) is 18.3 Å². The number of carboxylic acids is 1. The lowest BCUT2D eigenvalue weighted by molar-refractivity contribution is -0.147. The first-order chi connectivity index (χ1) is 8.30. The van der Waals surface area contributed by atoms with Gasteiger partial charge in [0.25, 0.3) is 0 Å². The van der Waals surface area contributed by atoms with Crippen LogP contribution in [-0.2, 0) is 17.5 Å². The Balaban J connectivity index is 2.17. The van der Waals surface area contributed by atoms with Crippen molar-refractivity contribution in [3.8, 4) is 0 Å². The number of hydrogen-bond acceptors (Lipinski definition) is 3. The molecule has 3 rings (SSSR count). The van der Waals surface area contributed by atoms with Crippen molar-refractivity contribution in [2.24, 2.45) is 5.92 Å². The molecule has 8 heteroatoms. The zero-order valence-corrected chi connectivity index (χ0v) is 8.86. The Hall–Kier alpha value is -1.86. The van der Waals surface area contributed by atoms with Gasteiger partial charge in [-0.15, -0.1) is 0 Å². The van der Waals surface area contributed by atoms with Crippen molar-refractivity contribution in [3.05, 3.63) is 17.0 Å². The van der Waals surface area contributed by atoms with E-state index in [1.807, 2.05) is 0 Å². The van der Waals surface area contributed by atoms with E-state index in [0.29, 0.717) is 11.1 Å². The van der Waals surface area contributed by atoms with Gasteiger partial charge in [0, 0.05) is 11.8 Å². The molecule has 1 aromatic heterocycles. The molecular weight excluding hydrogens is 253 g/mol. The summed E-state index contributed by atoms with van der Waals surface area (Å²) in [5.74, 6) is -2.60. The van der Waals surface area contributed by atoms with Gasteiger partial charge < -0.3 is 5.11 Å². The predicted octanol–water partition coefficient (Wildman–Crippen LogP) is 1.29. The van der Waals surface area contributed by atoms with E-state index in [-0.39, 0.29) is 17.5 Å². The number of ketones is 1. The summed E-state index contributed by atoms with van der Waals surface area (Å²) in [7, 11) is 0. The molecule has 96 valence electrons. The number of nitrogens with zero attached hydrogens (tertiary/aromatic N) is 2. The van der Waals surface area contributed by atoms with E-state index in [1.165, 1.54) is 0 Å². The average molecular weight is 260 g/mol. The number of halogens is 3. The number of Topliss-reactive ketones (excluding diaryl/α,β-unsaturated/α-hetero) is 1. The van der Waals surface area contributed by atoms with E-state index in [2.05, 4.69) is 5.10 Å². The van der Waals surface area contributed by atoms with Crippen LogP contribution in [0.3, 0.4) is 0 Å². The van der Waals surface area contributed by atoms with E-state index in [9.17, 15) is 22.8 Å². The molecule has 2 unspecified atom stereocenters. The Morgan fingerprint density at radius 2 is 2.11 bits per heavy atom. The second-order valence-electron chi connectivity index (χ2n) is 4.47. The van der Waals surface area contributed by atoms with Gasteiger partial charge in [-0.1, -0.05) is 0 Å². The van der Waals surface area contributed by atoms with Crippen molar-refractivity contribution < 1.29 is 27.9 Å². The van der Waals surface area contributed by atoms with Gasteiger partial charge in [0.2, 0.25) is 0 Å². The topological polar surface area (TPSA) is 72.2 Å². The normalized spacial score (nSPS) is 24.9. The Bertz CT molecular complexity index is 576. The van der Waals surface area contributed by atoms with Crippen LogP contribution in [0.4, 0.5) is 13.2 Å². The van der Waals surface area contributed by atoms with Crippen LogP contribution in [0.2, 0.25) is 0 Å². The molecule has 0 radical (unpaired) electrons. The second-order valence-corrected chi connectivity index (χ2v) is 4.47. The minimum atomic E-state index is -4.78. The van der Waals surface area contributed by atoms with Crippen LogP contribution in [0.15, 0.2) is 0 Å². The number of carbonyl (C=O) groups excluding carboxylic acids is 1. The van der Waals surface area contributed by atoms with E-state index < -0.39 is 35.7 Å². The Morgan fingerprint density at radius 3 is 2.67 bits per heavy atom. The average Bonchev–Trinajstić information content (AvgIpc) is 2.83. The van der Waals surface area contributed by atoms with Crippen LogP contribution in [0.1, 0.15) is 34.1 Å². The first kappa shape index (κ1) is 11.2. The van der Waals surface area contributed by atoms with Crippen LogP contribution in [0, 0.1) is 5.92 Å². The lowest BCUT2D eigenvalue weighted by Gasteiger charge is -2.10. The molecule has 2 atom stereocenters. The number of aromatic nitrogens is 2. The Labute approximate surface area is 98.2 Å². The molecule has 18 heavy (non-hydrogen) atoms. The first-order valence-corrected chi connectivity index (χ1v) is 5.24. The van der Waals surface area contributed by atoms with Crippen molar-refractivity contribution in [1.82, 2.24) is 9.78 Å². The highest BCUT2D eigenvalue weighted by atomic mass is 19.4. The summed E-state index contributed by atoms with van der Waals surface area (Å²) < 4.78 is 39.1. The summed E-state index contributed by atoms with van der Waals surface area (Å²) in [5, 5.41) is 12.2. The second kappa shape index (κ2) is 3.12. The first-order valence-electron chi connectivity index (χ1n) is 5.24. The molecule has 0 saturated heterocycles. The largest absolute Gasteiger partial charge is 0.480 e. The summed E-state index contributed by atoms with van der Waals surface area (Å²) in [6.45, 7) is -0.896. The molecule has 0 aromatic carbocycles. The van der Waals surface area contributed by atoms with Crippen LogP contribution in [-0.4, -0.2) is 26.6 Å². The quantitative estimate of drug-likeness (QED) is 0.869. The molecule has 1 N–H and O–H groups in total. The highest BCUT2D eigenvalue weighted by molar-refractivity contribution is 6.06. The van der Waals surface area contributed by atoms with Gasteiger partial charge in [-0.05, 0) is 6.42 Å². The molecule has 1 fully saturated rings. The van der Waals surface area contributed by atoms with Crippen molar-refractivity contribution in [2.45, 2.75) is 25.1 Å². The molecule has 0 bridgehead atoms. The lowest BCUT2D eigenvalue weighted by Crippen LogP contribution is -2.21. The SMILES string of the molecule is O=C(O)Cn1nc2c(c1C(F)(F)F)C(=O)C1CC21. The zero-order valence-electron chi connectivity index (χ0n) is 8.86. The summed E-state index contributed by atoms with van der Waals surface area (Å²) >= 11 is 0. The number of hydrogen-bond donors (Lipinski definition) is 1. The summed E-state index contributed by atoms with van der Waals surface area (Å²) in [6, 6.07) is 0. The van der Waals surface area contributed by atoms with Crippen LogP contribution in [0.25, 0.3) is 0 Å². The van der Waals surface area contributed by atoms with Gasteiger partial charge in [0.15, 0.2) is 11.5 Å². The summed E-state index contributed by atoms with van der Waals surface area (Å²) in [5.41, 5.74) is -1.54. The summed E-state index contributed by atoms with van der Waals surface area (Å²) in [6.07, 6.45) is -4.25. The molecule has 1 heterocycles. The zero-order chi connectivity index (χ0) is 13.2. The molecule has 0 spiro atoms. The molecule has 0 aliphatic heterocycles. The van der Waals surface area contributed by atoms with Crippen molar-refractivity contribution in [1.29, 1.82) is 0 Å². The monoisotopic (exact) mass is 260 g/mol. The number of carboxylic acid groups (broad SMARTS) is 1. The standard InChI is InChI=1S/C10H7F3N2O3/c11-10(12,13)9-6-7(3-1-4(3)8(6)18)14-15(9)2-5(16)17/h3-4H,1-2H2,(H,16,17). The third kappa shape index (κ3) is 1.37. The Kier molecular flexibility index (Phi) is 1.95. The molecule has 1 saturated carbocycles. The number of fused-ring (bicyclic) bond motifs is 3. The molecular formula is C10H7F3N2O3. The third-order valence-corrected chi connectivity index (χ3v) is 3.26. The Morgan fingerprint density at radius 1 is 1.44 bits per heavy atom. The number of rotatable bonds is 2. The van der Waals surface area contributed by atoms with E-state index in [1.54, 1.807) is 0 Å². The molecule has 2 aliphatic carbocycles. The van der Waals surface area contributed by atoms with Crippen LogP contribution >= 0.6 is 0 Å². The predicted molar refractivity (Wildman–Crippen MR) is 50.0 cm³/mol. The maximum absolute atomic E-state index is 12.9. The van der Waals surface area contributed by atoms with E-state index in [4.69, 9.17) is 5.11 Å². The number of aliphatic carboxylic acids is 1. The smallest absolute Gasteiger partial charge is 0.433 e. The summed E-state index contributed by atoms with van der Waals surface area (Å²) in [4.78, 5) is 22.2. The molecule has 0 amide bonds. The highest BCUT2D eigenvalue weighted by Crippen LogP contribution is 2.57. The van der Waals surface area contributed by atoms with Crippen molar-refractivity contribution in [3.63, 3.8) is 0 Å². The number of carbonyl (C=O) groups is 2. The maximum Gasteiger partial charge on any atom is 0.433 e. The van der Waals surface area contributed by atoms with Gasteiger partial charge in [-0.25, -0.2) is 4.68 Å². The van der Waals surface area contributed by atoms with E-state index >= 15 is 0 Å². The van der Waals surface area contributed by atoms with Gasteiger partial charge in [-0.3, -0.25) is 9.59 Å². The fourth-order valence-corrected chi connectivity index (χ4v) is 2.49. The van der Waals surface area contributed by atoms with Gasteiger partial charge >= 0.3 is 12.1 Å². The molecule has 5 nitrogen and oxygen atoms in total. The van der Waals surface area contributed by atoms with E-state index in [0.717, 1.165) is 0 Å². The highest BCUT2D eigenvalue weighted by Gasteiger charge is 2.58. The lowest BCUT2D eigenvalue weighted by atomic mass is 10.1. The molecule has 2 aliphatic rings. The maximum atomic E-state index is 12.9. The fourth-order valence-electron chi connectivity index (χ4n) is 2.49. The van der Waals surface area contributed by atoms with Crippen molar-refractivity contribution in [2.75, 3.05) is 0 Å².